The number of aromatic nitrogens is 4. The quantitative estimate of drug-likeness (QED) is 0.0223. The number of nitrogens with one attached hydrogen (secondary N) is 3. The van der Waals surface area contributed by atoms with E-state index in [0.717, 1.165) is 179 Å². The number of rotatable bonds is 35. The second kappa shape index (κ2) is 31.7. The highest BCUT2D eigenvalue weighted by atomic mass is 16.5. The van der Waals surface area contributed by atoms with E-state index >= 15 is 0 Å². The third-order valence-electron chi connectivity index (χ3n) is 15.9. The van der Waals surface area contributed by atoms with E-state index in [1.807, 2.05) is 23.2 Å². The smallest absolute Gasteiger partial charge is 0.264 e. The van der Waals surface area contributed by atoms with E-state index in [0.29, 0.717) is 66.7 Å². The Labute approximate surface area is 480 Å². The minimum Gasteiger partial charge on any atom is -0.384 e. The Morgan fingerprint density at radius 3 is 1.89 bits per heavy atom. The summed E-state index contributed by atoms with van der Waals surface area (Å²) in [6.07, 6.45) is 20.6. The van der Waals surface area contributed by atoms with Crippen LogP contribution in [0.2, 0.25) is 0 Å². The number of anilines is 4. The predicted octanol–water partition coefficient (Wildman–Crippen LogP) is 8.25. The lowest BCUT2D eigenvalue weighted by Gasteiger charge is -2.36. The lowest BCUT2D eigenvalue weighted by atomic mass is 10.0. The van der Waals surface area contributed by atoms with Gasteiger partial charge in [-0.05, 0) is 127 Å². The monoisotopic (exact) mass is 1130 g/mol. The van der Waals surface area contributed by atoms with E-state index in [9.17, 15) is 33.6 Å². The number of aryl methyl sites for hydroxylation is 1. The molecule has 5 amide bonds. The van der Waals surface area contributed by atoms with Crippen LogP contribution < -0.4 is 26.4 Å². The van der Waals surface area contributed by atoms with E-state index in [-0.39, 0.29) is 52.8 Å². The van der Waals surface area contributed by atoms with E-state index < -0.39 is 29.7 Å². The summed E-state index contributed by atoms with van der Waals surface area (Å²) in [5.74, 6) is -1.16. The number of piperazine rings is 1. The van der Waals surface area contributed by atoms with Gasteiger partial charge in [0.15, 0.2) is 5.78 Å². The average molecular weight is 1130 g/mol. The third-order valence-corrected chi connectivity index (χ3v) is 15.9. The number of piperidine rings is 1. The van der Waals surface area contributed by atoms with Gasteiger partial charge in [-0.1, -0.05) is 38.2 Å². The van der Waals surface area contributed by atoms with Crippen molar-refractivity contribution in [1.82, 2.24) is 34.6 Å². The van der Waals surface area contributed by atoms with Gasteiger partial charge >= 0.3 is 0 Å². The molecule has 21 heteroatoms. The molecule has 6 heterocycles. The summed E-state index contributed by atoms with van der Waals surface area (Å²) in [5, 5.41) is 9.43. The molecule has 444 valence electrons. The summed E-state index contributed by atoms with van der Waals surface area (Å²) >= 11 is 0. The highest BCUT2D eigenvalue weighted by molar-refractivity contribution is 6.25. The molecule has 0 spiro atoms. The normalized spacial score (nSPS) is 16.6. The summed E-state index contributed by atoms with van der Waals surface area (Å²) in [5.41, 5.74) is 3.19. The van der Waals surface area contributed by atoms with Crippen molar-refractivity contribution < 1.29 is 47.7 Å². The van der Waals surface area contributed by atoms with Gasteiger partial charge in [-0.3, -0.25) is 48.3 Å². The SMILES string of the molecule is CC(=O)c1c(C)c2cnc(Nc3ccc(N4CCN(C(=O)CCCCCOCCCCOCCCCOCCCCOCCCCCCNc5cccc6c5C(=O)N(C5CCC(=O)NC5=O)C6=O)CC4)cn3)nc2n(C2CCCC2)c1=O. The van der Waals surface area contributed by atoms with Crippen LogP contribution >= 0.6 is 0 Å². The van der Waals surface area contributed by atoms with Gasteiger partial charge in [-0.2, -0.15) is 4.98 Å². The second-order valence-electron chi connectivity index (χ2n) is 21.9. The second-order valence-corrected chi connectivity index (χ2v) is 21.9. The van der Waals surface area contributed by atoms with Gasteiger partial charge in [-0.15, -0.1) is 0 Å². The van der Waals surface area contributed by atoms with Gasteiger partial charge in [0.1, 0.15) is 17.5 Å². The number of ketones is 1. The molecule has 0 radical (unpaired) electrons. The molecule has 4 aliphatic rings. The molecule has 1 aromatic carbocycles. The summed E-state index contributed by atoms with van der Waals surface area (Å²) in [7, 11) is 0. The first-order valence-corrected chi connectivity index (χ1v) is 30.1. The zero-order valence-corrected chi connectivity index (χ0v) is 48.2. The predicted molar refractivity (Wildman–Crippen MR) is 312 cm³/mol. The van der Waals surface area contributed by atoms with Crippen molar-refractivity contribution in [2.75, 3.05) is 101 Å². The van der Waals surface area contributed by atoms with Crippen LogP contribution in [0.15, 0.2) is 47.5 Å². The van der Waals surface area contributed by atoms with E-state index in [2.05, 4.69) is 30.8 Å². The Bertz CT molecular complexity index is 2870. The maximum absolute atomic E-state index is 13.6. The number of Topliss-reactive ketones (excluding diaryl/α,β-unsaturated/α-hetero) is 1. The van der Waals surface area contributed by atoms with Crippen LogP contribution in [0.3, 0.4) is 0 Å². The number of pyridine rings is 2. The molecule has 3 N–H and O–H groups in total. The molecule has 4 aromatic rings. The molecule has 1 saturated carbocycles. The van der Waals surface area contributed by atoms with Crippen LogP contribution in [0.4, 0.5) is 23.1 Å². The van der Waals surface area contributed by atoms with Gasteiger partial charge in [0.05, 0.1) is 28.6 Å². The Kier molecular flexibility index (Phi) is 23.7. The molecule has 21 nitrogen and oxygen atoms in total. The number of carbonyl (C=O) groups is 6. The molecule has 3 aliphatic heterocycles. The van der Waals surface area contributed by atoms with Crippen LogP contribution in [0.5, 0.6) is 0 Å². The molecule has 0 bridgehead atoms. The maximum Gasteiger partial charge on any atom is 0.264 e. The standard InChI is InChI=1S/C61H84N10O11/c1-43-48-42-64-61(67-56(48)70(45-19-7-8-20-45)59(77)54(43)44(2)72)65-51-26-24-46(41-63-51)68-29-31-69(32-30-68)53(74)23-6-5-11-34-80-36-13-15-38-82-40-17-16-39-81-37-14-12-35-79-33-10-4-3-9-28-62-49-22-18-21-47-55(49)60(78)71(58(47)76)50-25-27-52(73)66-57(50)75/h18,21-22,24,26,41-42,45,50,62H,3-17,19-20,23,25,27-40H2,1-2H3,(H,66,73,75)(H,63,64,65,67). The number of unbranched alkanes of at least 4 members (excludes halogenated alkanes) is 8. The minimum atomic E-state index is -0.980. The van der Waals surface area contributed by atoms with Crippen molar-refractivity contribution in [3.8, 4) is 0 Å². The molecule has 2 saturated heterocycles. The number of nitrogens with zero attached hydrogens (tertiary/aromatic N) is 7. The van der Waals surface area contributed by atoms with Crippen molar-refractivity contribution >= 4 is 69.5 Å². The minimum absolute atomic E-state index is 0.00165. The molecule has 8 rings (SSSR count). The highest BCUT2D eigenvalue weighted by Gasteiger charge is 2.45. The summed E-state index contributed by atoms with van der Waals surface area (Å²) in [6.45, 7) is 12.5. The maximum atomic E-state index is 13.6. The lowest BCUT2D eigenvalue weighted by molar-refractivity contribution is -0.136. The van der Waals surface area contributed by atoms with Gasteiger partial charge < -0.3 is 39.4 Å². The molecule has 3 aromatic heterocycles. The largest absolute Gasteiger partial charge is 0.384 e. The molecule has 82 heavy (non-hydrogen) atoms. The molecule has 3 fully saturated rings. The Morgan fingerprint density at radius 1 is 0.683 bits per heavy atom. The lowest BCUT2D eigenvalue weighted by Crippen LogP contribution is -2.54. The van der Waals surface area contributed by atoms with Crippen LogP contribution in [0.1, 0.15) is 178 Å². The number of hydrogen-bond donors (Lipinski definition) is 3. The highest BCUT2D eigenvalue weighted by Crippen LogP contribution is 2.34. The fourth-order valence-electron chi connectivity index (χ4n) is 11.3. The van der Waals surface area contributed by atoms with Crippen molar-refractivity contribution in [1.29, 1.82) is 0 Å². The third kappa shape index (κ3) is 16.7. The van der Waals surface area contributed by atoms with Crippen LogP contribution in [0, 0.1) is 6.92 Å². The van der Waals surface area contributed by atoms with Gasteiger partial charge in [0.2, 0.25) is 23.7 Å². The zero-order valence-electron chi connectivity index (χ0n) is 48.2. The van der Waals surface area contributed by atoms with Gasteiger partial charge in [0, 0.05) is 122 Å². The van der Waals surface area contributed by atoms with Gasteiger partial charge in [-0.25, -0.2) is 9.97 Å². The Balaban J connectivity index is 0.556. The van der Waals surface area contributed by atoms with Crippen molar-refractivity contribution in [3.63, 3.8) is 0 Å². The Hall–Kier alpha value is -6.68. The number of ether oxygens (including phenoxy) is 4. The molecular formula is C61H84N10O11. The molecule has 1 atom stereocenters. The van der Waals surface area contributed by atoms with E-state index in [4.69, 9.17) is 23.9 Å². The topological polar surface area (TPSA) is 246 Å². The Morgan fingerprint density at radius 2 is 1.29 bits per heavy atom. The fraction of sp³-hybridized carbons (Fsp3) is 0.607. The number of imide groups is 2. The van der Waals surface area contributed by atoms with Crippen molar-refractivity contribution in [3.05, 3.63) is 75.3 Å². The van der Waals surface area contributed by atoms with Crippen LogP contribution in [-0.4, -0.2) is 156 Å². The number of hydrogen-bond acceptors (Lipinski definition) is 17. The van der Waals surface area contributed by atoms with Crippen molar-refractivity contribution in [2.45, 2.75) is 154 Å². The summed E-state index contributed by atoms with van der Waals surface area (Å²) < 4.78 is 25.0. The zero-order chi connectivity index (χ0) is 57.6. The summed E-state index contributed by atoms with van der Waals surface area (Å²) in [6, 6.07) is 8.01. The molecule has 1 aliphatic carbocycles. The first kappa shape index (κ1) is 61.4. The first-order chi connectivity index (χ1) is 40.0. The van der Waals surface area contributed by atoms with Gasteiger partial charge in [0.25, 0.3) is 17.4 Å². The number of amides is 5. The first-order valence-electron chi connectivity index (χ1n) is 30.1. The summed E-state index contributed by atoms with van der Waals surface area (Å²) in [4.78, 5) is 109. The van der Waals surface area contributed by atoms with E-state index in [1.54, 1.807) is 35.9 Å². The average Bonchev–Trinajstić information content (AvgIpc) is 2.83. The number of carbonyl (C=O) groups excluding carboxylic acids is 6. The number of benzene rings is 1. The van der Waals surface area contributed by atoms with Crippen LogP contribution in [-0.2, 0) is 33.3 Å². The molecular weight excluding hydrogens is 1050 g/mol. The van der Waals surface area contributed by atoms with Crippen molar-refractivity contribution in [2.24, 2.45) is 0 Å². The molecule has 1 unspecified atom stereocenters. The number of fused-ring (bicyclic) bond motifs is 2. The van der Waals surface area contributed by atoms with Crippen LogP contribution in [0.25, 0.3) is 11.0 Å². The fourth-order valence-corrected chi connectivity index (χ4v) is 11.3. The van der Waals surface area contributed by atoms with E-state index in [1.165, 1.54) is 6.92 Å².